The highest BCUT2D eigenvalue weighted by Crippen LogP contribution is 2.09. The van der Waals surface area contributed by atoms with E-state index in [-0.39, 0.29) is 12.3 Å². The van der Waals surface area contributed by atoms with Gasteiger partial charge < -0.3 is 15.2 Å². The van der Waals surface area contributed by atoms with E-state index in [1.165, 1.54) is 14.2 Å². The molecular weight excluding hydrogens is 222 g/mol. The van der Waals surface area contributed by atoms with Crippen LogP contribution in [-0.2, 0) is 19.1 Å². The van der Waals surface area contributed by atoms with Crippen LogP contribution in [0.25, 0.3) is 0 Å². The maximum atomic E-state index is 11.0. The zero-order valence-corrected chi connectivity index (χ0v) is 9.41. The van der Waals surface area contributed by atoms with Crippen molar-refractivity contribution >= 4 is 23.5 Å². The SMILES string of the molecule is COC(=O)C=C(CC(=O)OC)C(N)CCl. The average molecular weight is 236 g/mol. The van der Waals surface area contributed by atoms with Gasteiger partial charge in [-0.1, -0.05) is 0 Å². The quantitative estimate of drug-likeness (QED) is 0.419. The summed E-state index contributed by atoms with van der Waals surface area (Å²) < 4.78 is 8.88. The number of esters is 2. The predicted octanol–water partition coefficient (Wildman–Crippen LogP) is 0.215. The Labute approximate surface area is 93.2 Å². The molecule has 0 aliphatic carbocycles. The predicted molar refractivity (Wildman–Crippen MR) is 55.4 cm³/mol. The summed E-state index contributed by atoms with van der Waals surface area (Å²) >= 11 is 5.53. The lowest BCUT2D eigenvalue weighted by molar-refractivity contribution is -0.139. The maximum absolute atomic E-state index is 11.0. The first-order chi connectivity index (χ1) is 7.04. The lowest BCUT2D eigenvalue weighted by Gasteiger charge is -2.11. The highest BCUT2D eigenvalue weighted by Gasteiger charge is 2.14. The number of nitrogens with two attached hydrogens (primary N) is 1. The Balaban J connectivity index is 4.65. The highest BCUT2D eigenvalue weighted by atomic mass is 35.5. The number of methoxy groups -OCH3 is 2. The summed E-state index contributed by atoms with van der Waals surface area (Å²) in [5.41, 5.74) is 6.00. The fourth-order valence-electron chi connectivity index (χ4n) is 0.837. The third-order valence-electron chi connectivity index (χ3n) is 1.72. The first-order valence-corrected chi connectivity index (χ1v) is 4.75. The van der Waals surface area contributed by atoms with Crippen molar-refractivity contribution in [1.82, 2.24) is 0 Å². The lowest BCUT2D eigenvalue weighted by Crippen LogP contribution is -2.27. The van der Waals surface area contributed by atoms with Gasteiger partial charge in [-0.2, -0.15) is 0 Å². The van der Waals surface area contributed by atoms with Crippen molar-refractivity contribution < 1.29 is 19.1 Å². The molecule has 0 aliphatic heterocycles. The van der Waals surface area contributed by atoms with E-state index in [2.05, 4.69) is 9.47 Å². The number of hydrogen-bond acceptors (Lipinski definition) is 5. The van der Waals surface area contributed by atoms with Crippen LogP contribution in [0.4, 0.5) is 0 Å². The van der Waals surface area contributed by atoms with Crippen LogP contribution in [0.3, 0.4) is 0 Å². The summed E-state index contributed by atoms with van der Waals surface area (Å²) in [5.74, 6) is -0.944. The molecule has 0 aromatic carbocycles. The van der Waals surface area contributed by atoms with E-state index < -0.39 is 18.0 Å². The van der Waals surface area contributed by atoms with Gasteiger partial charge in [0.1, 0.15) is 0 Å². The van der Waals surface area contributed by atoms with E-state index in [1.54, 1.807) is 0 Å². The highest BCUT2D eigenvalue weighted by molar-refractivity contribution is 6.18. The smallest absolute Gasteiger partial charge is 0.330 e. The fourth-order valence-corrected chi connectivity index (χ4v) is 1.04. The molecule has 0 rings (SSSR count). The van der Waals surface area contributed by atoms with Gasteiger partial charge in [0.15, 0.2) is 0 Å². The third kappa shape index (κ3) is 5.39. The van der Waals surface area contributed by atoms with Crippen LogP contribution < -0.4 is 5.73 Å². The van der Waals surface area contributed by atoms with E-state index >= 15 is 0 Å². The monoisotopic (exact) mass is 235 g/mol. The molecule has 86 valence electrons. The molecule has 0 amide bonds. The molecule has 0 spiro atoms. The number of carbonyl (C=O) groups excluding carboxylic acids is 2. The molecule has 0 fully saturated rings. The second kappa shape index (κ2) is 7.25. The van der Waals surface area contributed by atoms with Gasteiger partial charge in [-0.25, -0.2) is 4.79 Å². The van der Waals surface area contributed by atoms with Gasteiger partial charge >= 0.3 is 11.9 Å². The van der Waals surface area contributed by atoms with Gasteiger partial charge in [-0.05, 0) is 5.57 Å². The van der Waals surface area contributed by atoms with Crippen molar-refractivity contribution in [2.24, 2.45) is 5.73 Å². The average Bonchev–Trinajstić information content (AvgIpc) is 2.26. The van der Waals surface area contributed by atoms with E-state index in [0.29, 0.717) is 5.57 Å². The first-order valence-electron chi connectivity index (χ1n) is 4.21. The molecule has 0 saturated heterocycles. The maximum Gasteiger partial charge on any atom is 0.330 e. The summed E-state index contributed by atoms with van der Waals surface area (Å²) in [7, 11) is 2.49. The van der Waals surface area contributed by atoms with Crippen LogP contribution in [0.2, 0.25) is 0 Å². The zero-order valence-electron chi connectivity index (χ0n) is 8.66. The molecular formula is C9H14ClNO4. The molecule has 0 aromatic heterocycles. The summed E-state index contributed by atoms with van der Waals surface area (Å²) in [6.45, 7) is 0. The number of carbonyl (C=O) groups is 2. The Kier molecular flexibility index (Phi) is 6.73. The van der Waals surface area contributed by atoms with E-state index in [9.17, 15) is 9.59 Å². The van der Waals surface area contributed by atoms with Crippen LogP contribution in [-0.4, -0.2) is 38.1 Å². The Morgan fingerprint density at radius 2 is 2.00 bits per heavy atom. The Morgan fingerprint density at radius 3 is 2.40 bits per heavy atom. The van der Waals surface area contributed by atoms with Crippen LogP contribution in [0.1, 0.15) is 6.42 Å². The minimum Gasteiger partial charge on any atom is -0.469 e. The van der Waals surface area contributed by atoms with Crippen LogP contribution in [0.5, 0.6) is 0 Å². The topological polar surface area (TPSA) is 78.6 Å². The minimum absolute atomic E-state index is 0.0700. The number of rotatable bonds is 5. The third-order valence-corrected chi connectivity index (χ3v) is 2.06. The second-order valence-electron chi connectivity index (χ2n) is 2.76. The molecule has 6 heteroatoms. The normalized spacial score (nSPS) is 13.2. The fraction of sp³-hybridized carbons (Fsp3) is 0.556. The van der Waals surface area contributed by atoms with Gasteiger partial charge in [-0.3, -0.25) is 4.79 Å². The van der Waals surface area contributed by atoms with E-state index in [4.69, 9.17) is 17.3 Å². The van der Waals surface area contributed by atoms with Gasteiger partial charge in [-0.15, -0.1) is 11.6 Å². The summed E-state index contributed by atoms with van der Waals surface area (Å²) in [6, 6.07) is -0.565. The van der Waals surface area contributed by atoms with Crippen LogP contribution >= 0.6 is 11.6 Å². The molecule has 1 atom stereocenters. The van der Waals surface area contributed by atoms with Gasteiger partial charge in [0, 0.05) is 18.0 Å². The van der Waals surface area contributed by atoms with Crippen LogP contribution in [0, 0.1) is 0 Å². The van der Waals surface area contributed by atoms with Crippen molar-refractivity contribution in [3.05, 3.63) is 11.6 Å². The second-order valence-corrected chi connectivity index (χ2v) is 3.06. The zero-order chi connectivity index (χ0) is 11.8. The molecule has 1 unspecified atom stereocenters. The molecule has 0 aliphatic rings. The number of halogens is 1. The molecule has 0 bridgehead atoms. The number of ether oxygens (including phenoxy) is 2. The van der Waals surface area contributed by atoms with E-state index in [0.717, 1.165) is 6.08 Å². The molecule has 2 N–H and O–H groups in total. The summed E-state index contributed by atoms with van der Waals surface area (Å²) in [6.07, 6.45) is 1.09. The van der Waals surface area contributed by atoms with Crippen LogP contribution in [0.15, 0.2) is 11.6 Å². The standard InChI is InChI=1S/C9H14ClNO4/c1-14-8(12)3-6(7(11)5-10)4-9(13)15-2/h3,7H,4-5,11H2,1-2H3. The summed E-state index contributed by atoms with van der Waals surface area (Å²) in [4.78, 5) is 22.0. The van der Waals surface area contributed by atoms with Crippen molar-refractivity contribution in [1.29, 1.82) is 0 Å². The molecule has 0 aromatic rings. The molecule has 5 nitrogen and oxygen atoms in total. The summed E-state index contributed by atoms with van der Waals surface area (Å²) in [5, 5.41) is 0. The largest absolute Gasteiger partial charge is 0.469 e. The van der Waals surface area contributed by atoms with Crippen molar-refractivity contribution in [2.45, 2.75) is 12.5 Å². The van der Waals surface area contributed by atoms with Gasteiger partial charge in [0.25, 0.3) is 0 Å². The number of alkyl halides is 1. The Hall–Kier alpha value is -1.07. The Bertz CT molecular complexity index is 265. The molecule has 15 heavy (non-hydrogen) atoms. The number of hydrogen-bond donors (Lipinski definition) is 1. The molecule has 0 saturated carbocycles. The first kappa shape index (κ1) is 13.9. The van der Waals surface area contributed by atoms with Gasteiger partial charge in [0.2, 0.25) is 0 Å². The molecule has 0 heterocycles. The van der Waals surface area contributed by atoms with Crippen molar-refractivity contribution in [2.75, 3.05) is 20.1 Å². The van der Waals surface area contributed by atoms with Crippen molar-refractivity contribution in [3.8, 4) is 0 Å². The van der Waals surface area contributed by atoms with Crippen molar-refractivity contribution in [3.63, 3.8) is 0 Å². The minimum atomic E-state index is -0.575. The van der Waals surface area contributed by atoms with E-state index in [1.807, 2.05) is 0 Å². The molecule has 0 radical (unpaired) electrons. The van der Waals surface area contributed by atoms with Gasteiger partial charge in [0.05, 0.1) is 20.6 Å². The Morgan fingerprint density at radius 1 is 1.40 bits per heavy atom. The lowest BCUT2D eigenvalue weighted by atomic mass is 10.1.